The molecule has 0 aliphatic carbocycles. The highest BCUT2D eigenvalue weighted by Crippen LogP contribution is 2.34. The number of aryl methyl sites for hydroxylation is 1. The first-order valence-electron chi connectivity index (χ1n) is 6.87. The van der Waals surface area contributed by atoms with Gasteiger partial charge in [0.2, 0.25) is 0 Å². The highest BCUT2D eigenvalue weighted by Gasteiger charge is 2.14. The quantitative estimate of drug-likeness (QED) is 0.825. The molecule has 0 saturated heterocycles. The molecule has 116 valence electrons. The van der Waals surface area contributed by atoms with E-state index in [2.05, 4.69) is 5.32 Å². The van der Waals surface area contributed by atoms with Gasteiger partial charge < -0.3 is 14.8 Å². The Morgan fingerprint density at radius 3 is 2.32 bits per heavy atom. The molecular formula is C17H18ClNO3. The van der Waals surface area contributed by atoms with Gasteiger partial charge in [-0.1, -0.05) is 18.2 Å². The lowest BCUT2D eigenvalue weighted by atomic mass is 10.1. The summed E-state index contributed by atoms with van der Waals surface area (Å²) < 4.78 is 10.6. The summed E-state index contributed by atoms with van der Waals surface area (Å²) in [5.74, 6) is 1.44. The molecule has 4 nitrogen and oxygen atoms in total. The molecule has 0 atom stereocenters. The van der Waals surface area contributed by atoms with Crippen molar-refractivity contribution in [2.75, 3.05) is 25.4 Å². The van der Waals surface area contributed by atoms with Crippen LogP contribution >= 0.6 is 11.6 Å². The average molecular weight is 320 g/mol. The number of alkyl halides is 1. The minimum atomic E-state index is -0.177. The molecule has 0 fully saturated rings. The SMILES string of the molecule is COc1cc(CCCl)c(NC(=O)c2ccccc2)cc1OC. The molecule has 0 aliphatic rings. The second kappa shape index (κ2) is 7.71. The Labute approximate surface area is 135 Å². The van der Waals surface area contributed by atoms with Gasteiger partial charge in [0.05, 0.1) is 14.2 Å². The number of nitrogens with one attached hydrogen (secondary N) is 1. The third kappa shape index (κ3) is 3.71. The van der Waals surface area contributed by atoms with Crippen LogP contribution in [0.25, 0.3) is 0 Å². The molecule has 2 rings (SSSR count). The predicted octanol–water partition coefficient (Wildman–Crippen LogP) is 3.74. The van der Waals surface area contributed by atoms with Crippen LogP contribution in [0, 0.1) is 0 Å². The first-order chi connectivity index (χ1) is 10.7. The zero-order chi connectivity index (χ0) is 15.9. The molecule has 0 spiro atoms. The normalized spacial score (nSPS) is 10.1. The molecule has 0 heterocycles. The Morgan fingerprint density at radius 1 is 1.09 bits per heavy atom. The van der Waals surface area contributed by atoms with Crippen molar-refractivity contribution in [1.29, 1.82) is 0 Å². The van der Waals surface area contributed by atoms with E-state index in [1.807, 2.05) is 24.3 Å². The van der Waals surface area contributed by atoms with Crippen molar-refractivity contribution in [3.8, 4) is 11.5 Å². The summed E-state index contributed by atoms with van der Waals surface area (Å²) in [5.41, 5.74) is 2.16. The van der Waals surface area contributed by atoms with E-state index in [0.29, 0.717) is 35.1 Å². The van der Waals surface area contributed by atoms with E-state index in [9.17, 15) is 4.79 Å². The standard InChI is InChI=1S/C17H18ClNO3/c1-21-15-10-13(8-9-18)14(11-16(15)22-2)19-17(20)12-6-4-3-5-7-12/h3-7,10-11H,8-9H2,1-2H3,(H,19,20). The number of methoxy groups -OCH3 is 2. The monoisotopic (exact) mass is 319 g/mol. The number of rotatable bonds is 6. The predicted molar refractivity (Wildman–Crippen MR) is 88.4 cm³/mol. The minimum Gasteiger partial charge on any atom is -0.493 e. The molecule has 0 bridgehead atoms. The fraction of sp³-hybridized carbons (Fsp3) is 0.235. The maximum atomic E-state index is 12.3. The largest absolute Gasteiger partial charge is 0.493 e. The third-order valence-electron chi connectivity index (χ3n) is 3.26. The molecule has 1 amide bonds. The van der Waals surface area contributed by atoms with Crippen molar-refractivity contribution < 1.29 is 14.3 Å². The fourth-order valence-corrected chi connectivity index (χ4v) is 2.33. The van der Waals surface area contributed by atoms with E-state index in [1.165, 1.54) is 0 Å². The molecule has 0 radical (unpaired) electrons. The lowest BCUT2D eigenvalue weighted by molar-refractivity contribution is 0.102. The van der Waals surface area contributed by atoms with Crippen LogP contribution in [0.1, 0.15) is 15.9 Å². The van der Waals surface area contributed by atoms with Gasteiger partial charge in [0.25, 0.3) is 5.91 Å². The fourth-order valence-electron chi connectivity index (χ4n) is 2.13. The Hall–Kier alpha value is -2.20. The lowest BCUT2D eigenvalue weighted by Crippen LogP contribution is -2.13. The zero-order valence-corrected chi connectivity index (χ0v) is 13.3. The van der Waals surface area contributed by atoms with Gasteiger partial charge in [-0.25, -0.2) is 0 Å². The maximum absolute atomic E-state index is 12.3. The molecule has 0 aromatic heterocycles. The van der Waals surface area contributed by atoms with Gasteiger partial charge in [0.1, 0.15) is 0 Å². The molecule has 2 aromatic rings. The summed E-state index contributed by atoms with van der Waals surface area (Å²) in [6.07, 6.45) is 0.617. The summed E-state index contributed by atoms with van der Waals surface area (Å²) in [7, 11) is 3.13. The van der Waals surface area contributed by atoms with Crippen molar-refractivity contribution in [3.05, 3.63) is 53.6 Å². The van der Waals surface area contributed by atoms with Gasteiger partial charge in [0.15, 0.2) is 11.5 Å². The Balaban J connectivity index is 2.34. The molecule has 5 heteroatoms. The van der Waals surface area contributed by atoms with Crippen LogP contribution in [-0.4, -0.2) is 26.0 Å². The van der Waals surface area contributed by atoms with Crippen molar-refractivity contribution in [2.45, 2.75) is 6.42 Å². The van der Waals surface area contributed by atoms with E-state index < -0.39 is 0 Å². The smallest absolute Gasteiger partial charge is 0.255 e. The van der Waals surface area contributed by atoms with Crippen LogP contribution in [0.2, 0.25) is 0 Å². The highest BCUT2D eigenvalue weighted by atomic mass is 35.5. The van der Waals surface area contributed by atoms with Gasteiger partial charge in [-0.15, -0.1) is 11.6 Å². The number of anilines is 1. The van der Waals surface area contributed by atoms with Crippen LogP contribution in [0.15, 0.2) is 42.5 Å². The van der Waals surface area contributed by atoms with E-state index >= 15 is 0 Å². The van der Waals surface area contributed by atoms with Gasteiger partial charge in [-0.3, -0.25) is 4.79 Å². The van der Waals surface area contributed by atoms with Crippen LogP contribution in [0.3, 0.4) is 0 Å². The average Bonchev–Trinajstić information content (AvgIpc) is 2.56. The van der Waals surface area contributed by atoms with Crippen molar-refractivity contribution in [1.82, 2.24) is 0 Å². The summed E-state index contributed by atoms with van der Waals surface area (Å²) in [4.78, 5) is 12.3. The Morgan fingerprint density at radius 2 is 1.73 bits per heavy atom. The van der Waals surface area contributed by atoms with E-state index in [4.69, 9.17) is 21.1 Å². The summed E-state index contributed by atoms with van der Waals surface area (Å²) in [5, 5.41) is 2.90. The van der Waals surface area contributed by atoms with Gasteiger partial charge in [0, 0.05) is 23.2 Å². The number of carbonyl (C=O) groups is 1. The number of carbonyl (C=O) groups excluding carboxylic acids is 1. The van der Waals surface area contributed by atoms with Crippen LogP contribution in [0.4, 0.5) is 5.69 Å². The van der Waals surface area contributed by atoms with Gasteiger partial charge in [-0.2, -0.15) is 0 Å². The Kier molecular flexibility index (Phi) is 5.67. The number of hydrogen-bond donors (Lipinski definition) is 1. The minimum absolute atomic E-state index is 0.177. The van der Waals surface area contributed by atoms with Crippen LogP contribution < -0.4 is 14.8 Å². The van der Waals surface area contributed by atoms with Crippen LogP contribution in [0.5, 0.6) is 11.5 Å². The Bertz CT molecular complexity index is 644. The van der Waals surface area contributed by atoms with E-state index in [1.54, 1.807) is 32.4 Å². The van der Waals surface area contributed by atoms with E-state index in [-0.39, 0.29) is 5.91 Å². The van der Waals surface area contributed by atoms with Crippen molar-refractivity contribution >= 4 is 23.2 Å². The second-order valence-electron chi connectivity index (χ2n) is 4.62. The summed E-state index contributed by atoms with van der Waals surface area (Å²) in [6.45, 7) is 0. The molecule has 0 saturated carbocycles. The van der Waals surface area contributed by atoms with Crippen molar-refractivity contribution in [2.24, 2.45) is 0 Å². The second-order valence-corrected chi connectivity index (χ2v) is 5.00. The van der Waals surface area contributed by atoms with Crippen molar-refractivity contribution in [3.63, 3.8) is 0 Å². The highest BCUT2D eigenvalue weighted by molar-refractivity contribution is 6.18. The number of hydrogen-bond acceptors (Lipinski definition) is 3. The molecular weight excluding hydrogens is 302 g/mol. The van der Waals surface area contributed by atoms with Gasteiger partial charge in [-0.05, 0) is 30.2 Å². The molecule has 22 heavy (non-hydrogen) atoms. The number of ether oxygens (including phenoxy) is 2. The summed E-state index contributed by atoms with van der Waals surface area (Å²) in [6, 6.07) is 12.6. The number of halogens is 1. The zero-order valence-electron chi connectivity index (χ0n) is 12.6. The maximum Gasteiger partial charge on any atom is 0.255 e. The number of amides is 1. The third-order valence-corrected chi connectivity index (χ3v) is 3.45. The molecule has 0 aliphatic heterocycles. The van der Waals surface area contributed by atoms with Gasteiger partial charge >= 0.3 is 0 Å². The topological polar surface area (TPSA) is 47.6 Å². The lowest BCUT2D eigenvalue weighted by Gasteiger charge is -2.15. The molecule has 2 aromatic carbocycles. The molecule has 1 N–H and O–H groups in total. The first-order valence-corrected chi connectivity index (χ1v) is 7.40. The summed E-state index contributed by atoms with van der Waals surface area (Å²) >= 11 is 5.85. The molecule has 0 unspecified atom stereocenters. The number of benzene rings is 2. The van der Waals surface area contributed by atoms with Crippen LogP contribution in [-0.2, 0) is 6.42 Å². The van der Waals surface area contributed by atoms with E-state index in [0.717, 1.165) is 5.56 Å². The first kappa shape index (κ1) is 16.2.